The molecule has 1 atom stereocenters. The summed E-state index contributed by atoms with van der Waals surface area (Å²) in [5.41, 5.74) is 0.365. The van der Waals surface area contributed by atoms with Crippen LogP contribution in [0.3, 0.4) is 0 Å². The lowest BCUT2D eigenvalue weighted by Crippen LogP contribution is -2.20. The number of hydrogen-bond donors (Lipinski definition) is 1. The summed E-state index contributed by atoms with van der Waals surface area (Å²) in [5.74, 6) is 2.65. The average molecular weight is 236 g/mol. The van der Waals surface area contributed by atoms with Crippen molar-refractivity contribution in [2.45, 2.75) is 59.4 Å². The van der Waals surface area contributed by atoms with Crippen molar-refractivity contribution in [1.29, 1.82) is 0 Å². The topological polar surface area (TPSA) is 42.7 Å². The molecule has 4 heteroatoms. The maximum Gasteiger partial charge on any atom is 0.224 e. The van der Waals surface area contributed by atoms with Crippen LogP contribution in [-0.2, 0) is 6.54 Å². The largest absolute Gasteiger partial charge is 0.355 e. The van der Waals surface area contributed by atoms with E-state index < -0.39 is 0 Å². The summed E-state index contributed by atoms with van der Waals surface area (Å²) >= 11 is 0. The van der Waals surface area contributed by atoms with Gasteiger partial charge in [-0.2, -0.15) is 0 Å². The summed E-state index contributed by atoms with van der Waals surface area (Å²) in [5, 5.41) is 12.0. The van der Waals surface area contributed by atoms with Crippen LogP contribution in [0, 0.1) is 5.41 Å². The van der Waals surface area contributed by atoms with Crippen molar-refractivity contribution in [2.75, 3.05) is 11.9 Å². The highest BCUT2D eigenvalue weighted by Gasteiger charge is 2.38. The summed E-state index contributed by atoms with van der Waals surface area (Å²) in [4.78, 5) is 0. The molecule has 96 valence electrons. The standard InChI is InChI=1S/C13H24N4/c1-5-14-12-16-15-11(17(12)6-2)10-8-7-9-13(10,3)4/h10H,5-9H2,1-4H3,(H,14,16). The van der Waals surface area contributed by atoms with E-state index >= 15 is 0 Å². The molecular weight excluding hydrogens is 212 g/mol. The molecule has 1 fully saturated rings. The number of hydrogen-bond acceptors (Lipinski definition) is 3. The Bertz CT molecular complexity index is 381. The predicted molar refractivity (Wildman–Crippen MR) is 70.2 cm³/mol. The van der Waals surface area contributed by atoms with Crippen molar-refractivity contribution in [2.24, 2.45) is 5.41 Å². The van der Waals surface area contributed by atoms with Crippen LogP contribution in [0.5, 0.6) is 0 Å². The molecule has 0 spiro atoms. The Labute approximate surface area is 104 Å². The molecule has 1 aliphatic carbocycles. The minimum absolute atomic E-state index is 0.365. The highest BCUT2D eigenvalue weighted by atomic mass is 15.3. The van der Waals surface area contributed by atoms with Gasteiger partial charge < -0.3 is 5.32 Å². The van der Waals surface area contributed by atoms with Gasteiger partial charge in [0, 0.05) is 19.0 Å². The van der Waals surface area contributed by atoms with E-state index in [1.807, 2.05) is 0 Å². The minimum atomic E-state index is 0.365. The summed E-state index contributed by atoms with van der Waals surface area (Å²) in [6.45, 7) is 10.8. The Balaban J connectivity index is 2.32. The van der Waals surface area contributed by atoms with Gasteiger partial charge in [-0.25, -0.2) is 0 Å². The van der Waals surface area contributed by atoms with Gasteiger partial charge in [0.05, 0.1) is 0 Å². The molecule has 1 N–H and O–H groups in total. The van der Waals surface area contributed by atoms with Gasteiger partial charge in [-0.05, 0) is 32.1 Å². The van der Waals surface area contributed by atoms with E-state index in [0.29, 0.717) is 11.3 Å². The molecule has 0 bridgehead atoms. The van der Waals surface area contributed by atoms with E-state index in [2.05, 4.69) is 47.8 Å². The van der Waals surface area contributed by atoms with E-state index in [1.165, 1.54) is 25.1 Å². The molecule has 0 saturated heterocycles. The third-order valence-electron chi connectivity index (χ3n) is 4.00. The van der Waals surface area contributed by atoms with Crippen molar-refractivity contribution in [3.8, 4) is 0 Å². The van der Waals surface area contributed by atoms with Crippen LogP contribution < -0.4 is 5.32 Å². The highest BCUT2D eigenvalue weighted by molar-refractivity contribution is 5.27. The first-order valence-corrected chi connectivity index (χ1v) is 6.77. The van der Waals surface area contributed by atoms with E-state index in [0.717, 1.165) is 19.0 Å². The van der Waals surface area contributed by atoms with E-state index in [-0.39, 0.29) is 0 Å². The molecule has 1 aliphatic rings. The molecule has 0 amide bonds. The monoisotopic (exact) mass is 236 g/mol. The number of nitrogens with one attached hydrogen (secondary N) is 1. The van der Waals surface area contributed by atoms with Crippen molar-refractivity contribution in [1.82, 2.24) is 14.8 Å². The zero-order valence-corrected chi connectivity index (χ0v) is 11.5. The van der Waals surface area contributed by atoms with Crippen LogP contribution >= 0.6 is 0 Å². The van der Waals surface area contributed by atoms with Crippen LogP contribution in [0.15, 0.2) is 0 Å². The average Bonchev–Trinajstić information content (AvgIpc) is 2.81. The van der Waals surface area contributed by atoms with Crippen molar-refractivity contribution in [3.05, 3.63) is 5.82 Å². The van der Waals surface area contributed by atoms with Crippen molar-refractivity contribution >= 4 is 5.95 Å². The van der Waals surface area contributed by atoms with Gasteiger partial charge in [-0.3, -0.25) is 4.57 Å². The van der Waals surface area contributed by atoms with Gasteiger partial charge in [-0.15, -0.1) is 10.2 Å². The fourth-order valence-corrected chi connectivity index (χ4v) is 2.98. The van der Waals surface area contributed by atoms with Crippen LogP contribution in [-0.4, -0.2) is 21.3 Å². The Morgan fingerprint density at radius 1 is 1.35 bits per heavy atom. The third-order valence-corrected chi connectivity index (χ3v) is 4.00. The molecule has 0 aliphatic heterocycles. The molecule has 1 aromatic heterocycles. The van der Waals surface area contributed by atoms with Gasteiger partial charge in [0.2, 0.25) is 5.95 Å². The fraction of sp³-hybridized carbons (Fsp3) is 0.846. The van der Waals surface area contributed by atoms with Gasteiger partial charge in [0.1, 0.15) is 5.82 Å². The summed E-state index contributed by atoms with van der Waals surface area (Å²) < 4.78 is 2.24. The first kappa shape index (κ1) is 12.4. The zero-order chi connectivity index (χ0) is 12.5. The second-order valence-corrected chi connectivity index (χ2v) is 5.59. The van der Waals surface area contributed by atoms with Gasteiger partial charge in [0.15, 0.2) is 0 Å². The Hall–Kier alpha value is -1.06. The lowest BCUT2D eigenvalue weighted by atomic mass is 9.81. The van der Waals surface area contributed by atoms with E-state index in [4.69, 9.17) is 0 Å². The molecular formula is C13H24N4. The van der Waals surface area contributed by atoms with Crippen LogP contribution in [0.4, 0.5) is 5.95 Å². The van der Waals surface area contributed by atoms with Gasteiger partial charge in [-0.1, -0.05) is 20.3 Å². The summed E-state index contributed by atoms with van der Waals surface area (Å²) in [7, 11) is 0. The molecule has 0 aromatic carbocycles. The lowest BCUT2D eigenvalue weighted by molar-refractivity contribution is 0.315. The SMILES string of the molecule is CCNc1nnc(C2CCCC2(C)C)n1CC. The van der Waals surface area contributed by atoms with Crippen molar-refractivity contribution < 1.29 is 0 Å². The first-order valence-electron chi connectivity index (χ1n) is 6.77. The Morgan fingerprint density at radius 2 is 2.12 bits per heavy atom. The predicted octanol–water partition coefficient (Wildman–Crippen LogP) is 3.02. The molecule has 1 unspecified atom stereocenters. The Kier molecular flexibility index (Phi) is 3.40. The molecule has 17 heavy (non-hydrogen) atoms. The summed E-state index contributed by atoms with van der Waals surface area (Å²) in [6.07, 6.45) is 3.85. The molecule has 0 radical (unpaired) electrons. The first-order chi connectivity index (χ1) is 8.10. The zero-order valence-electron chi connectivity index (χ0n) is 11.5. The fourth-order valence-electron chi connectivity index (χ4n) is 2.98. The van der Waals surface area contributed by atoms with Crippen molar-refractivity contribution in [3.63, 3.8) is 0 Å². The molecule has 4 nitrogen and oxygen atoms in total. The second kappa shape index (κ2) is 4.67. The number of anilines is 1. The lowest BCUT2D eigenvalue weighted by Gasteiger charge is -2.26. The van der Waals surface area contributed by atoms with Crippen LogP contribution in [0.2, 0.25) is 0 Å². The molecule has 1 heterocycles. The number of aromatic nitrogens is 3. The normalized spacial score (nSPS) is 22.9. The smallest absolute Gasteiger partial charge is 0.224 e. The highest BCUT2D eigenvalue weighted by Crippen LogP contribution is 2.48. The molecule has 1 aromatic rings. The number of nitrogens with zero attached hydrogens (tertiary/aromatic N) is 3. The third kappa shape index (κ3) is 2.17. The Morgan fingerprint density at radius 3 is 2.65 bits per heavy atom. The maximum atomic E-state index is 4.43. The van der Waals surface area contributed by atoms with E-state index in [9.17, 15) is 0 Å². The number of rotatable bonds is 4. The minimum Gasteiger partial charge on any atom is -0.355 e. The summed E-state index contributed by atoms with van der Waals surface area (Å²) in [6, 6.07) is 0. The van der Waals surface area contributed by atoms with E-state index in [1.54, 1.807) is 0 Å². The van der Waals surface area contributed by atoms with Crippen LogP contribution in [0.25, 0.3) is 0 Å². The van der Waals surface area contributed by atoms with Crippen LogP contribution in [0.1, 0.15) is 58.7 Å². The molecule has 2 rings (SSSR count). The molecule has 1 saturated carbocycles. The van der Waals surface area contributed by atoms with Gasteiger partial charge >= 0.3 is 0 Å². The van der Waals surface area contributed by atoms with Gasteiger partial charge in [0.25, 0.3) is 0 Å². The maximum absolute atomic E-state index is 4.43. The second-order valence-electron chi connectivity index (χ2n) is 5.59. The quantitative estimate of drug-likeness (QED) is 0.873.